The minimum atomic E-state index is -0.188. The van der Waals surface area contributed by atoms with Crippen LogP contribution in [0.4, 0.5) is 5.00 Å². The standard InChI is InChI=1S/C15H16N2O3S2/c18-13(16-10-3-1-6-20-9-10)11-5-8-22-15(11)17-14(19)12-4-2-7-21-12/h2,4-5,7-8,10H,1,3,6,9H2,(H,16,18)(H,17,19)/t10-/m0/s1. The first-order valence-electron chi connectivity index (χ1n) is 7.05. The number of hydrogen-bond donors (Lipinski definition) is 2. The second-order valence-electron chi connectivity index (χ2n) is 4.98. The van der Waals surface area contributed by atoms with E-state index in [2.05, 4.69) is 10.6 Å². The first-order valence-corrected chi connectivity index (χ1v) is 8.81. The molecule has 1 aliphatic rings. The average molecular weight is 336 g/mol. The Kier molecular flexibility index (Phi) is 4.87. The van der Waals surface area contributed by atoms with Crippen molar-refractivity contribution in [3.05, 3.63) is 39.4 Å². The molecule has 0 bridgehead atoms. The highest BCUT2D eigenvalue weighted by Crippen LogP contribution is 2.25. The SMILES string of the molecule is O=C(Nc1sccc1C(=O)N[C@H]1CCCOC1)c1cccs1. The number of anilines is 1. The summed E-state index contributed by atoms with van der Waals surface area (Å²) in [6.45, 7) is 1.31. The number of hydrogen-bond acceptors (Lipinski definition) is 5. The number of rotatable bonds is 4. The highest BCUT2D eigenvalue weighted by atomic mass is 32.1. The van der Waals surface area contributed by atoms with Gasteiger partial charge in [0.25, 0.3) is 11.8 Å². The van der Waals surface area contributed by atoms with Gasteiger partial charge < -0.3 is 15.4 Å². The molecular formula is C15H16N2O3S2. The van der Waals surface area contributed by atoms with Gasteiger partial charge in [-0.1, -0.05) is 6.07 Å². The maximum absolute atomic E-state index is 12.4. The zero-order valence-corrected chi connectivity index (χ0v) is 13.5. The summed E-state index contributed by atoms with van der Waals surface area (Å²) < 4.78 is 5.36. The predicted octanol–water partition coefficient (Wildman–Crippen LogP) is 2.97. The Labute approximate surface area is 136 Å². The largest absolute Gasteiger partial charge is 0.379 e. The van der Waals surface area contributed by atoms with Crippen molar-refractivity contribution >= 4 is 39.5 Å². The molecule has 0 aliphatic carbocycles. The van der Waals surface area contributed by atoms with E-state index < -0.39 is 0 Å². The summed E-state index contributed by atoms with van der Waals surface area (Å²) in [7, 11) is 0. The van der Waals surface area contributed by atoms with Gasteiger partial charge in [-0.3, -0.25) is 9.59 Å². The Hall–Kier alpha value is -1.70. The molecule has 1 fully saturated rings. The first-order chi connectivity index (χ1) is 10.7. The van der Waals surface area contributed by atoms with Crippen LogP contribution in [-0.2, 0) is 4.74 Å². The number of amides is 2. The molecule has 22 heavy (non-hydrogen) atoms. The van der Waals surface area contributed by atoms with Crippen LogP contribution in [0.25, 0.3) is 0 Å². The lowest BCUT2D eigenvalue weighted by atomic mass is 10.1. The monoisotopic (exact) mass is 336 g/mol. The zero-order chi connectivity index (χ0) is 15.4. The molecule has 5 nitrogen and oxygen atoms in total. The quantitative estimate of drug-likeness (QED) is 0.902. The van der Waals surface area contributed by atoms with E-state index in [4.69, 9.17) is 4.74 Å². The van der Waals surface area contributed by atoms with E-state index in [-0.39, 0.29) is 17.9 Å². The van der Waals surface area contributed by atoms with Crippen LogP contribution in [0, 0.1) is 0 Å². The van der Waals surface area contributed by atoms with Gasteiger partial charge in [0.05, 0.1) is 23.1 Å². The van der Waals surface area contributed by atoms with Crippen molar-refractivity contribution in [3.63, 3.8) is 0 Å². The van der Waals surface area contributed by atoms with Crippen molar-refractivity contribution in [2.45, 2.75) is 18.9 Å². The van der Waals surface area contributed by atoms with Gasteiger partial charge in [0.2, 0.25) is 0 Å². The summed E-state index contributed by atoms with van der Waals surface area (Å²) in [5.41, 5.74) is 0.500. The topological polar surface area (TPSA) is 67.4 Å². The lowest BCUT2D eigenvalue weighted by Gasteiger charge is -2.23. The highest BCUT2D eigenvalue weighted by Gasteiger charge is 2.20. The van der Waals surface area contributed by atoms with E-state index in [0.717, 1.165) is 19.4 Å². The van der Waals surface area contributed by atoms with Crippen LogP contribution in [0.3, 0.4) is 0 Å². The lowest BCUT2D eigenvalue weighted by molar-refractivity contribution is 0.0624. The van der Waals surface area contributed by atoms with Crippen molar-refractivity contribution in [2.24, 2.45) is 0 Å². The Morgan fingerprint density at radius 3 is 2.82 bits per heavy atom. The summed E-state index contributed by atoms with van der Waals surface area (Å²) in [4.78, 5) is 25.1. The van der Waals surface area contributed by atoms with E-state index in [0.29, 0.717) is 22.0 Å². The van der Waals surface area contributed by atoms with Gasteiger partial charge in [-0.05, 0) is 35.7 Å². The second kappa shape index (κ2) is 7.04. The molecule has 1 saturated heterocycles. The fourth-order valence-electron chi connectivity index (χ4n) is 2.28. The van der Waals surface area contributed by atoms with Crippen molar-refractivity contribution < 1.29 is 14.3 Å². The van der Waals surface area contributed by atoms with Crippen LogP contribution in [0.1, 0.15) is 32.9 Å². The fraction of sp³-hybridized carbons (Fsp3) is 0.333. The smallest absolute Gasteiger partial charge is 0.266 e. The van der Waals surface area contributed by atoms with Gasteiger partial charge in [0.15, 0.2) is 0 Å². The Morgan fingerprint density at radius 2 is 2.09 bits per heavy atom. The third kappa shape index (κ3) is 3.55. The number of carbonyl (C=O) groups is 2. The maximum Gasteiger partial charge on any atom is 0.266 e. The normalized spacial score (nSPS) is 17.9. The minimum absolute atomic E-state index is 0.0435. The molecule has 1 atom stereocenters. The van der Waals surface area contributed by atoms with Crippen LogP contribution < -0.4 is 10.6 Å². The molecule has 1 aliphatic heterocycles. The first kappa shape index (κ1) is 15.2. The predicted molar refractivity (Wildman–Crippen MR) is 87.9 cm³/mol. The number of carbonyl (C=O) groups excluding carboxylic acids is 2. The van der Waals surface area contributed by atoms with Gasteiger partial charge in [-0.15, -0.1) is 22.7 Å². The van der Waals surface area contributed by atoms with Gasteiger partial charge in [0, 0.05) is 6.61 Å². The van der Waals surface area contributed by atoms with Gasteiger partial charge in [-0.2, -0.15) is 0 Å². The van der Waals surface area contributed by atoms with Crippen LogP contribution in [-0.4, -0.2) is 31.1 Å². The van der Waals surface area contributed by atoms with Crippen LogP contribution >= 0.6 is 22.7 Å². The summed E-state index contributed by atoms with van der Waals surface area (Å²) in [6, 6.07) is 5.35. The van der Waals surface area contributed by atoms with Crippen LogP contribution in [0.15, 0.2) is 29.0 Å². The van der Waals surface area contributed by atoms with Crippen molar-refractivity contribution in [1.82, 2.24) is 5.32 Å². The van der Waals surface area contributed by atoms with E-state index in [1.165, 1.54) is 22.7 Å². The van der Waals surface area contributed by atoms with Gasteiger partial charge >= 0.3 is 0 Å². The van der Waals surface area contributed by atoms with Crippen molar-refractivity contribution in [2.75, 3.05) is 18.5 Å². The lowest BCUT2D eigenvalue weighted by Crippen LogP contribution is -2.40. The number of thiophene rings is 2. The van der Waals surface area contributed by atoms with Crippen LogP contribution in [0.5, 0.6) is 0 Å². The zero-order valence-electron chi connectivity index (χ0n) is 11.8. The van der Waals surface area contributed by atoms with E-state index in [1.54, 1.807) is 17.5 Å². The molecule has 0 saturated carbocycles. The molecule has 0 radical (unpaired) electrons. The second-order valence-corrected chi connectivity index (χ2v) is 6.85. The molecule has 0 unspecified atom stereocenters. The molecule has 2 aromatic heterocycles. The molecule has 3 heterocycles. The Balaban J connectivity index is 1.66. The number of nitrogens with one attached hydrogen (secondary N) is 2. The van der Waals surface area contributed by atoms with Crippen molar-refractivity contribution in [1.29, 1.82) is 0 Å². The molecule has 2 N–H and O–H groups in total. The third-order valence-electron chi connectivity index (χ3n) is 3.38. The van der Waals surface area contributed by atoms with E-state index >= 15 is 0 Å². The molecular weight excluding hydrogens is 320 g/mol. The van der Waals surface area contributed by atoms with Crippen LogP contribution in [0.2, 0.25) is 0 Å². The highest BCUT2D eigenvalue weighted by molar-refractivity contribution is 7.15. The van der Waals surface area contributed by atoms with E-state index in [9.17, 15) is 9.59 Å². The van der Waals surface area contributed by atoms with Crippen molar-refractivity contribution in [3.8, 4) is 0 Å². The Bertz CT molecular complexity index is 646. The van der Waals surface area contributed by atoms with Gasteiger partial charge in [0.1, 0.15) is 5.00 Å². The Morgan fingerprint density at radius 1 is 1.18 bits per heavy atom. The molecule has 0 aromatic carbocycles. The summed E-state index contributed by atoms with van der Waals surface area (Å²) in [6.07, 6.45) is 1.88. The summed E-state index contributed by atoms with van der Waals surface area (Å²) in [5.74, 6) is -0.356. The molecule has 2 amide bonds. The summed E-state index contributed by atoms with van der Waals surface area (Å²) >= 11 is 2.72. The maximum atomic E-state index is 12.4. The number of ether oxygens (including phenoxy) is 1. The molecule has 2 aromatic rings. The molecule has 3 rings (SSSR count). The van der Waals surface area contributed by atoms with E-state index in [1.807, 2.05) is 11.4 Å². The molecule has 0 spiro atoms. The fourth-order valence-corrected chi connectivity index (χ4v) is 3.67. The summed E-state index contributed by atoms with van der Waals surface area (Å²) in [5, 5.41) is 10.00. The van der Waals surface area contributed by atoms with Gasteiger partial charge in [-0.25, -0.2) is 0 Å². The minimum Gasteiger partial charge on any atom is -0.379 e. The molecule has 116 valence electrons. The third-order valence-corrected chi connectivity index (χ3v) is 5.08. The molecule has 7 heteroatoms. The average Bonchev–Trinajstić information content (AvgIpc) is 3.19.